The first kappa shape index (κ1) is 19.3. The summed E-state index contributed by atoms with van der Waals surface area (Å²) in [4.78, 5) is 24.5. The van der Waals surface area contributed by atoms with Gasteiger partial charge in [-0.2, -0.15) is 0 Å². The van der Waals surface area contributed by atoms with E-state index in [9.17, 15) is 19.1 Å². The Morgan fingerprint density at radius 3 is 1.75 bits per heavy atom. The fourth-order valence-corrected chi connectivity index (χ4v) is 3.16. The molecule has 142 valence electrons. The van der Waals surface area contributed by atoms with Crippen LogP contribution >= 0.6 is 0 Å². The van der Waals surface area contributed by atoms with Gasteiger partial charge < -0.3 is 10.4 Å². The van der Waals surface area contributed by atoms with Crippen molar-refractivity contribution in [3.63, 3.8) is 0 Å². The summed E-state index contributed by atoms with van der Waals surface area (Å²) >= 11 is 0. The third-order valence-electron chi connectivity index (χ3n) is 4.50. The standard InChI is InChI=1S/C23H20FNO3/c24-19-13-11-16(12-14-19)20(15-21(26)27)25-23(28)22(17-7-3-1-4-8-17)18-9-5-2-6-10-18/h1-14,20,22H,15H2,(H,25,28)(H,26,27)/t20-/m1/s1. The Kier molecular flexibility index (Phi) is 6.17. The Morgan fingerprint density at radius 1 is 0.786 bits per heavy atom. The van der Waals surface area contributed by atoms with Gasteiger partial charge >= 0.3 is 5.97 Å². The second kappa shape index (κ2) is 8.95. The van der Waals surface area contributed by atoms with E-state index in [4.69, 9.17) is 0 Å². The van der Waals surface area contributed by atoms with Gasteiger partial charge in [-0.3, -0.25) is 9.59 Å². The largest absolute Gasteiger partial charge is 0.481 e. The van der Waals surface area contributed by atoms with Crippen LogP contribution in [0.3, 0.4) is 0 Å². The molecule has 3 aromatic carbocycles. The quantitative estimate of drug-likeness (QED) is 0.645. The Labute approximate surface area is 162 Å². The van der Waals surface area contributed by atoms with E-state index in [1.807, 2.05) is 60.7 Å². The minimum atomic E-state index is -1.05. The van der Waals surface area contributed by atoms with Gasteiger partial charge in [0.2, 0.25) is 5.91 Å². The second-order valence-corrected chi connectivity index (χ2v) is 6.46. The number of aliphatic carboxylic acids is 1. The van der Waals surface area contributed by atoms with Crippen LogP contribution < -0.4 is 5.32 Å². The molecule has 28 heavy (non-hydrogen) atoms. The van der Waals surface area contributed by atoms with Crippen molar-refractivity contribution in [2.75, 3.05) is 0 Å². The van der Waals surface area contributed by atoms with Gasteiger partial charge in [-0.15, -0.1) is 0 Å². The van der Waals surface area contributed by atoms with E-state index >= 15 is 0 Å². The van der Waals surface area contributed by atoms with E-state index in [2.05, 4.69) is 5.32 Å². The Balaban J connectivity index is 1.92. The highest BCUT2D eigenvalue weighted by molar-refractivity contribution is 5.88. The first-order valence-electron chi connectivity index (χ1n) is 8.92. The summed E-state index contributed by atoms with van der Waals surface area (Å²) in [5, 5.41) is 12.1. The fourth-order valence-electron chi connectivity index (χ4n) is 3.16. The number of halogens is 1. The number of nitrogens with one attached hydrogen (secondary N) is 1. The number of carboxylic acids is 1. The summed E-state index contributed by atoms with van der Waals surface area (Å²) in [5.41, 5.74) is 2.15. The zero-order valence-electron chi connectivity index (χ0n) is 15.1. The molecular formula is C23H20FNO3. The summed E-state index contributed by atoms with van der Waals surface area (Å²) in [5.74, 6) is -2.37. The zero-order chi connectivity index (χ0) is 19.9. The van der Waals surface area contributed by atoms with Crippen LogP contribution in [-0.2, 0) is 9.59 Å². The zero-order valence-corrected chi connectivity index (χ0v) is 15.1. The molecule has 0 fully saturated rings. The number of carboxylic acid groups (broad SMARTS) is 1. The van der Waals surface area contributed by atoms with Crippen molar-refractivity contribution in [3.05, 3.63) is 107 Å². The number of hydrogen-bond acceptors (Lipinski definition) is 2. The van der Waals surface area contributed by atoms with Crippen LogP contribution in [0.5, 0.6) is 0 Å². The molecular weight excluding hydrogens is 357 g/mol. The molecule has 0 saturated carbocycles. The third-order valence-corrected chi connectivity index (χ3v) is 4.50. The van der Waals surface area contributed by atoms with Crippen molar-refractivity contribution >= 4 is 11.9 Å². The number of carbonyl (C=O) groups is 2. The summed E-state index contributed by atoms with van der Waals surface area (Å²) in [6, 6.07) is 23.3. The number of hydrogen-bond donors (Lipinski definition) is 2. The van der Waals surface area contributed by atoms with Crippen molar-refractivity contribution in [2.45, 2.75) is 18.4 Å². The van der Waals surface area contributed by atoms with Crippen LogP contribution in [0.2, 0.25) is 0 Å². The van der Waals surface area contributed by atoms with E-state index < -0.39 is 23.7 Å². The molecule has 2 N–H and O–H groups in total. The van der Waals surface area contributed by atoms with Gasteiger partial charge in [0.25, 0.3) is 0 Å². The third kappa shape index (κ3) is 4.82. The molecule has 0 aromatic heterocycles. The van der Waals surface area contributed by atoms with Crippen molar-refractivity contribution in [1.29, 1.82) is 0 Å². The average molecular weight is 377 g/mol. The molecule has 0 unspecified atom stereocenters. The van der Waals surface area contributed by atoms with E-state index in [1.54, 1.807) is 0 Å². The molecule has 0 heterocycles. The van der Waals surface area contributed by atoms with Gasteiger partial charge in [0.15, 0.2) is 0 Å². The maximum absolute atomic E-state index is 13.2. The fraction of sp³-hybridized carbons (Fsp3) is 0.130. The molecule has 0 saturated heterocycles. The van der Waals surface area contributed by atoms with Gasteiger partial charge in [-0.25, -0.2) is 4.39 Å². The van der Waals surface area contributed by atoms with Crippen LogP contribution in [0.15, 0.2) is 84.9 Å². The number of benzene rings is 3. The molecule has 0 spiro atoms. The highest BCUT2D eigenvalue weighted by Crippen LogP contribution is 2.27. The molecule has 0 bridgehead atoms. The van der Waals surface area contributed by atoms with E-state index in [-0.39, 0.29) is 12.3 Å². The van der Waals surface area contributed by atoms with E-state index in [0.717, 1.165) is 11.1 Å². The van der Waals surface area contributed by atoms with Gasteiger partial charge in [0.1, 0.15) is 5.82 Å². The smallest absolute Gasteiger partial charge is 0.305 e. The van der Waals surface area contributed by atoms with Crippen molar-refractivity contribution in [1.82, 2.24) is 5.32 Å². The highest BCUT2D eigenvalue weighted by atomic mass is 19.1. The topological polar surface area (TPSA) is 66.4 Å². The van der Waals surface area contributed by atoms with Crippen molar-refractivity contribution in [3.8, 4) is 0 Å². The van der Waals surface area contributed by atoms with E-state index in [0.29, 0.717) is 5.56 Å². The molecule has 3 aromatic rings. The van der Waals surface area contributed by atoms with Gasteiger partial charge in [-0.1, -0.05) is 72.8 Å². The Hall–Kier alpha value is -3.47. The summed E-state index contributed by atoms with van der Waals surface area (Å²) in [6.07, 6.45) is -0.298. The van der Waals surface area contributed by atoms with E-state index in [1.165, 1.54) is 24.3 Å². The molecule has 1 amide bonds. The lowest BCUT2D eigenvalue weighted by Gasteiger charge is -2.23. The predicted molar refractivity (Wildman–Crippen MR) is 104 cm³/mol. The maximum Gasteiger partial charge on any atom is 0.305 e. The molecule has 0 radical (unpaired) electrons. The number of amides is 1. The molecule has 1 atom stereocenters. The highest BCUT2D eigenvalue weighted by Gasteiger charge is 2.26. The van der Waals surface area contributed by atoms with Crippen LogP contribution in [-0.4, -0.2) is 17.0 Å². The molecule has 0 aliphatic carbocycles. The Bertz CT molecular complexity index is 888. The average Bonchev–Trinajstić information content (AvgIpc) is 2.69. The summed E-state index contributed by atoms with van der Waals surface area (Å²) in [7, 11) is 0. The molecule has 0 aliphatic heterocycles. The predicted octanol–water partition coefficient (Wildman–Crippen LogP) is 4.29. The minimum absolute atomic E-state index is 0.298. The summed E-state index contributed by atoms with van der Waals surface area (Å²) in [6.45, 7) is 0. The Morgan fingerprint density at radius 2 is 1.29 bits per heavy atom. The van der Waals surface area contributed by atoms with Crippen LogP contribution in [0.1, 0.15) is 35.1 Å². The lowest BCUT2D eigenvalue weighted by molar-refractivity contribution is -0.137. The molecule has 4 nitrogen and oxygen atoms in total. The monoisotopic (exact) mass is 377 g/mol. The summed E-state index contributed by atoms with van der Waals surface area (Å²) < 4.78 is 13.2. The van der Waals surface area contributed by atoms with Gasteiger partial charge in [0, 0.05) is 0 Å². The first-order valence-corrected chi connectivity index (χ1v) is 8.92. The second-order valence-electron chi connectivity index (χ2n) is 6.46. The lowest BCUT2D eigenvalue weighted by Crippen LogP contribution is -2.34. The first-order chi connectivity index (χ1) is 13.5. The SMILES string of the molecule is O=C(O)C[C@@H](NC(=O)C(c1ccccc1)c1ccccc1)c1ccc(F)cc1. The van der Waals surface area contributed by atoms with Crippen molar-refractivity contribution < 1.29 is 19.1 Å². The van der Waals surface area contributed by atoms with Crippen LogP contribution in [0.4, 0.5) is 4.39 Å². The maximum atomic E-state index is 13.2. The molecule has 3 rings (SSSR count). The number of rotatable bonds is 7. The minimum Gasteiger partial charge on any atom is -0.481 e. The lowest BCUT2D eigenvalue weighted by atomic mass is 9.90. The normalized spacial score (nSPS) is 11.8. The van der Waals surface area contributed by atoms with Gasteiger partial charge in [-0.05, 0) is 28.8 Å². The van der Waals surface area contributed by atoms with Crippen LogP contribution in [0, 0.1) is 5.82 Å². The van der Waals surface area contributed by atoms with Gasteiger partial charge in [0.05, 0.1) is 18.4 Å². The van der Waals surface area contributed by atoms with Crippen molar-refractivity contribution in [2.24, 2.45) is 0 Å². The number of carbonyl (C=O) groups excluding carboxylic acids is 1. The van der Waals surface area contributed by atoms with Crippen LogP contribution in [0.25, 0.3) is 0 Å². The molecule has 0 aliphatic rings. The molecule has 5 heteroatoms.